The summed E-state index contributed by atoms with van der Waals surface area (Å²) in [6, 6.07) is 0. The molecule has 1 aliphatic heterocycles. The van der Waals surface area contributed by atoms with Crippen molar-refractivity contribution in [2.45, 2.75) is 0 Å². The fourth-order valence-electron chi connectivity index (χ4n) is 1.20. The Balaban J connectivity index is 2.55. The zero-order valence-electron chi connectivity index (χ0n) is 7.17. The number of hydrogen-bond acceptors (Lipinski definition) is 2. The van der Waals surface area contributed by atoms with Crippen LogP contribution in [-0.4, -0.2) is 51.1 Å². The number of hydrogen-bond donors (Lipinski definition) is 0. The maximum Gasteiger partial charge on any atom is 0.0261 e. The van der Waals surface area contributed by atoms with Gasteiger partial charge in [-0.15, -0.1) is 0 Å². The van der Waals surface area contributed by atoms with Gasteiger partial charge in [0.25, 0.3) is 0 Å². The van der Waals surface area contributed by atoms with Crippen LogP contribution in [0.5, 0.6) is 0 Å². The molecular formula is C7H17N2P. The Labute approximate surface area is 63.7 Å². The van der Waals surface area contributed by atoms with Gasteiger partial charge in [-0.05, 0) is 33.1 Å². The molecule has 60 valence electrons. The fraction of sp³-hybridized carbons (Fsp3) is 1.00. The zero-order chi connectivity index (χ0) is 7.61. The molecule has 2 nitrogen and oxygen atoms in total. The third kappa shape index (κ3) is 1.83. The van der Waals surface area contributed by atoms with Gasteiger partial charge in [0.2, 0.25) is 0 Å². The van der Waals surface area contributed by atoms with Crippen molar-refractivity contribution < 1.29 is 0 Å². The topological polar surface area (TPSA) is 15.6 Å². The quantitative estimate of drug-likeness (QED) is 0.489. The van der Waals surface area contributed by atoms with Gasteiger partial charge < -0.3 is 9.64 Å². The van der Waals surface area contributed by atoms with E-state index >= 15 is 0 Å². The first-order valence-electron chi connectivity index (χ1n) is 3.81. The summed E-state index contributed by atoms with van der Waals surface area (Å²) in [6.45, 7) is 4.86. The lowest BCUT2D eigenvalue weighted by atomic mass is 10.6. The van der Waals surface area contributed by atoms with Crippen molar-refractivity contribution in [1.29, 1.82) is 0 Å². The second kappa shape index (κ2) is 3.06. The maximum atomic E-state index is 4.50. The highest BCUT2D eigenvalue weighted by atomic mass is 31.2. The molecule has 1 rings (SSSR count). The molecule has 3 heteroatoms. The highest BCUT2D eigenvalue weighted by Gasteiger charge is 2.18. The molecule has 0 bridgehead atoms. The van der Waals surface area contributed by atoms with Crippen LogP contribution in [0, 0.1) is 0 Å². The summed E-state index contributed by atoms with van der Waals surface area (Å²) in [7, 11) is 3.38. The normalized spacial score (nSPS) is 26.3. The van der Waals surface area contributed by atoms with E-state index in [2.05, 4.69) is 23.4 Å². The van der Waals surface area contributed by atoms with Crippen LogP contribution < -0.4 is 0 Å². The van der Waals surface area contributed by atoms with Crippen molar-refractivity contribution in [3.8, 4) is 0 Å². The van der Waals surface area contributed by atoms with E-state index in [1.165, 1.54) is 25.4 Å². The lowest BCUT2D eigenvalue weighted by molar-refractivity contribution is 0.367. The number of nitrogens with zero attached hydrogens (tertiary/aromatic N) is 2. The van der Waals surface area contributed by atoms with Crippen LogP contribution in [0.2, 0.25) is 0 Å². The molecular weight excluding hydrogens is 143 g/mol. The summed E-state index contributed by atoms with van der Waals surface area (Å²) in [5.41, 5.74) is 0. The van der Waals surface area contributed by atoms with E-state index in [0.29, 0.717) is 0 Å². The molecule has 10 heavy (non-hydrogen) atoms. The Morgan fingerprint density at radius 2 is 1.80 bits per heavy atom. The van der Waals surface area contributed by atoms with Gasteiger partial charge >= 0.3 is 0 Å². The van der Waals surface area contributed by atoms with Crippen LogP contribution in [-0.2, 0) is 0 Å². The van der Waals surface area contributed by atoms with E-state index < -0.39 is 7.05 Å². The summed E-state index contributed by atoms with van der Waals surface area (Å²) in [5, 5.41) is 0. The van der Waals surface area contributed by atoms with E-state index in [4.69, 9.17) is 0 Å². The minimum absolute atomic E-state index is 0.798. The zero-order valence-corrected chi connectivity index (χ0v) is 8.06. The van der Waals surface area contributed by atoms with E-state index in [0.717, 1.165) is 0 Å². The molecule has 0 unspecified atom stereocenters. The van der Waals surface area contributed by atoms with Crippen molar-refractivity contribution in [2.75, 3.05) is 46.2 Å². The standard InChI is InChI=1S/C7H17N2P/c1-8-10(3)6-4-9(2)5-7-10/h4-7H2,1-3H3. The van der Waals surface area contributed by atoms with E-state index in [-0.39, 0.29) is 0 Å². The predicted octanol–water partition coefficient (Wildman–Crippen LogP) is 1.39. The first-order valence-corrected chi connectivity index (χ1v) is 6.37. The Morgan fingerprint density at radius 3 is 2.20 bits per heavy atom. The Kier molecular flexibility index (Phi) is 2.54. The summed E-state index contributed by atoms with van der Waals surface area (Å²) in [5.74, 6) is 0. The van der Waals surface area contributed by atoms with Crippen molar-refractivity contribution in [1.82, 2.24) is 4.90 Å². The van der Waals surface area contributed by atoms with Crippen LogP contribution in [0.1, 0.15) is 0 Å². The molecule has 0 aromatic carbocycles. The highest BCUT2D eigenvalue weighted by molar-refractivity contribution is 7.65. The average Bonchev–Trinajstić information content (AvgIpc) is 1.96. The minimum Gasteiger partial charge on any atom is -0.307 e. The Morgan fingerprint density at radius 1 is 1.30 bits per heavy atom. The van der Waals surface area contributed by atoms with Crippen LogP contribution in [0.25, 0.3) is 0 Å². The molecule has 0 spiro atoms. The molecule has 1 saturated heterocycles. The molecule has 0 N–H and O–H groups in total. The lowest BCUT2D eigenvalue weighted by Gasteiger charge is -2.30. The van der Waals surface area contributed by atoms with Gasteiger partial charge in [-0.2, -0.15) is 0 Å². The molecule has 0 radical (unpaired) electrons. The van der Waals surface area contributed by atoms with Gasteiger partial charge in [-0.1, -0.05) is 0 Å². The average molecular weight is 160 g/mol. The largest absolute Gasteiger partial charge is 0.307 e. The lowest BCUT2D eigenvalue weighted by Crippen LogP contribution is -2.30. The highest BCUT2D eigenvalue weighted by Crippen LogP contribution is 2.46. The van der Waals surface area contributed by atoms with E-state index in [1.54, 1.807) is 0 Å². The van der Waals surface area contributed by atoms with Crippen molar-refractivity contribution >= 4 is 7.05 Å². The summed E-state index contributed by atoms with van der Waals surface area (Å²) in [6.07, 6.45) is 2.67. The SMILES string of the molecule is CN=P1(C)CCN(C)CC1. The third-order valence-corrected chi connectivity index (χ3v) is 5.70. The van der Waals surface area contributed by atoms with Gasteiger partial charge in [0.05, 0.1) is 0 Å². The van der Waals surface area contributed by atoms with Gasteiger partial charge in [-0.25, -0.2) is 0 Å². The van der Waals surface area contributed by atoms with Gasteiger partial charge in [0, 0.05) is 20.1 Å². The van der Waals surface area contributed by atoms with E-state index in [9.17, 15) is 0 Å². The van der Waals surface area contributed by atoms with Crippen LogP contribution in [0.4, 0.5) is 0 Å². The second-order valence-electron chi connectivity index (χ2n) is 3.29. The first kappa shape index (κ1) is 8.29. The Hall–Kier alpha value is 0.190. The van der Waals surface area contributed by atoms with Crippen molar-refractivity contribution in [3.05, 3.63) is 0 Å². The van der Waals surface area contributed by atoms with Crippen LogP contribution >= 0.6 is 7.05 Å². The van der Waals surface area contributed by atoms with Crippen LogP contribution in [0.15, 0.2) is 4.74 Å². The molecule has 0 saturated carbocycles. The van der Waals surface area contributed by atoms with E-state index in [1.807, 2.05) is 7.05 Å². The molecule has 0 atom stereocenters. The minimum atomic E-state index is -0.798. The molecule has 0 aromatic heterocycles. The van der Waals surface area contributed by atoms with Crippen LogP contribution in [0.3, 0.4) is 0 Å². The maximum absolute atomic E-state index is 4.50. The molecule has 1 fully saturated rings. The summed E-state index contributed by atoms with van der Waals surface area (Å²) < 4.78 is 4.50. The Bertz CT molecular complexity index is 153. The molecule has 0 amide bonds. The third-order valence-electron chi connectivity index (χ3n) is 2.41. The smallest absolute Gasteiger partial charge is 0.0261 e. The molecule has 0 aromatic rings. The van der Waals surface area contributed by atoms with Gasteiger partial charge in [0.1, 0.15) is 0 Å². The number of rotatable bonds is 0. The van der Waals surface area contributed by atoms with Gasteiger partial charge in [0.15, 0.2) is 0 Å². The summed E-state index contributed by atoms with van der Waals surface area (Å²) in [4.78, 5) is 2.40. The fourth-order valence-corrected chi connectivity index (χ4v) is 3.36. The van der Waals surface area contributed by atoms with Crippen molar-refractivity contribution in [3.63, 3.8) is 0 Å². The molecule has 1 heterocycles. The van der Waals surface area contributed by atoms with Gasteiger partial charge in [-0.3, -0.25) is 0 Å². The second-order valence-corrected chi connectivity index (χ2v) is 7.26. The molecule has 1 aliphatic rings. The molecule has 0 aliphatic carbocycles. The monoisotopic (exact) mass is 160 g/mol. The van der Waals surface area contributed by atoms with Crippen molar-refractivity contribution in [2.24, 2.45) is 4.74 Å². The summed E-state index contributed by atoms with van der Waals surface area (Å²) >= 11 is 0. The first-order chi connectivity index (χ1) is 4.66. The predicted molar refractivity (Wildman–Crippen MR) is 48.4 cm³/mol.